The number of aliphatic hydroxyl groups excluding tert-OH is 1. The smallest absolute Gasteiger partial charge is 0.307 e. The minimum absolute atomic E-state index is 0.0906. The molecule has 0 bridgehead atoms. The highest BCUT2D eigenvalue weighted by Crippen LogP contribution is 2.33. The van der Waals surface area contributed by atoms with Gasteiger partial charge in [0.25, 0.3) is 0 Å². The van der Waals surface area contributed by atoms with Gasteiger partial charge >= 0.3 is 5.97 Å². The predicted octanol–water partition coefficient (Wildman–Crippen LogP) is -0.0620. The Labute approximate surface area is 88.7 Å². The molecule has 0 heterocycles. The van der Waals surface area contributed by atoms with Crippen LogP contribution in [-0.4, -0.2) is 47.2 Å². The van der Waals surface area contributed by atoms with E-state index in [-0.39, 0.29) is 19.1 Å². The number of hydrogen-bond acceptors (Lipinski definition) is 3. The number of carbonyl (C=O) groups excluding carboxylic acids is 1. The van der Waals surface area contributed by atoms with Crippen molar-refractivity contribution >= 4 is 11.9 Å². The maximum atomic E-state index is 11.8. The highest BCUT2D eigenvalue weighted by atomic mass is 16.4. The molecule has 2 atom stereocenters. The van der Waals surface area contributed by atoms with E-state index >= 15 is 0 Å². The van der Waals surface area contributed by atoms with Gasteiger partial charge in [-0.1, -0.05) is 6.42 Å². The molecular formula is C10H17NO4. The Bertz CT molecular complexity index is 254. The Morgan fingerprint density at radius 3 is 2.47 bits per heavy atom. The second kappa shape index (κ2) is 5.11. The molecule has 1 amide bonds. The van der Waals surface area contributed by atoms with Crippen LogP contribution in [0.3, 0.4) is 0 Å². The summed E-state index contributed by atoms with van der Waals surface area (Å²) < 4.78 is 0. The van der Waals surface area contributed by atoms with Crippen molar-refractivity contribution < 1.29 is 19.8 Å². The normalized spacial score (nSPS) is 25.2. The van der Waals surface area contributed by atoms with E-state index in [1.807, 2.05) is 0 Å². The van der Waals surface area contributed by atoms with Gasteiger partial charge in [0.05, 0.1) is 18.4 Å². The van der Waals surface area contributed by atoms with E-state index in [2.05, 4.69) is 0 Å². The number of rotatable bonds is 4. The summed E-state index contributed by atoms with van der Waals surface area (Å²) in [5.41, 5.74) is 0. The molecule has 0 spiro atoms. The van der Waals surface area contributed by atoms with Crippen molar-refractivity contribution in [2.75, 3.05) is 20.2 Å². The molecule has 1 aliphatic carbocycles. The van der Waals surface area contributed by atoms with Gasteiger partial charge in [0.1, 0.15) is 0 Å². The summed E-state index contributed by atoms with van der Waals surface area (Å²) in [5.74, 6) is -1.99. The summed E-state index contributed by atoms with van der Waals surface area (Å²) in [4.78, 5) is 24.1. The van der Waals surface area contributed by atoms with Gasteiger partial charge in [-0.05, 0) is 12.8 Å². The zero-order valence-corrected chi connectivity index (χ0v) is 8.85. The molecule has 0 radical (unpaired) electrons. The third-order valence-electron chi connectivity index (χ3n) is 2.96. The van der Waals surface area contributed by atoms with Crippen molar-refractivity contribution in [3.63, 3.8) is 0 Å². The van der Waals surface area contributed by atoms with Gasteiger partial charge in [-0.15, -0.1) is 0 Å². The molecule has 0 saturated heterocycles. The number of carbonyl (C=O) groups is 2. The lowest BCUT2D eigenvalue weighted by Gasteiger charge is -2.22. The first-order valence-electron chi connectivity index (χ1n) is 5.16. The Morgan fingerprint density at radius 1 is 1.33 bits per heavy atom. The first-order chi connectivity index (χ1) is 7.07. The molecule has 0 unspecified atom stereocenters. The number of hydrogen-bond donors (Lipinski definition) is 2. The Hall–Kier alpha value is -1.10. The zero-order valence-electron chi connectivity index (χ0n) is 8.85. The maximum Gasteiger partial charge on any atom is 0.307 e. The maximum absolute atomic E-state index is 11.8. The second-order valence-electron chi connectivity index (χ2n) is 3.97. The molecule has 5 nitrogen and oxygen atoms in total. The van der Waals surface area contributed by atoms with E-state index in [0.29, 0.717) is 12.8 Å². The van der Waals surface area contributed by atoms with Crippen LogP contribution in [0.4, 0.5) is 0 Å². The number of amides is 1. The molecule has 1 rings (SSSR count). The number of aliphatic hydroxyl groups is 1. The molecule has 0 aromatic heterocycles. The van der Waals surface area contributed by atoms with Gasteiger partial charge in [0.15, 0.2) is 0 Å². The molecule has 0 aromatic rings. The molecule has 2 N–H and O–H groups in total. The highest BCUT2D eigenvalue weighted by molar-refractivity contribution is 5.85. The van der Waals surface area contributed by atoms with Gasteiger partial charge in [-0.2, -0.15) is 0 Å². The topological polar surface area (TPSA) is 77.8 Å². The quantitative estimate of drug-likeness (QED) is 0.688. The van der Waals surface area contributed by atoms with Crippen LogP contribution in [0.1, 0.15) is 19.3 Å². The number of carboxylic acid groups (broad SMARTS) is 1. The molecule has 0 aromatic carbocycles. The van der Waals surface area contributed by atoms with Crippen molar-refractivity contribution in [2.45, 2.75) is 19.3 Å². The van der Waals surface area contributed by atoms with Crippen molar-refractivity contribution in [1.82, 2.24) is 4.90 Å². The molecular weight excluding hydrogens is 198 g/mol. The average Bonchev–Trinajstić information content (AvgIpc) is 2.65. The van der Waals surface area contributed by atoms with Crippen molar-refractivity contribution in [3.8, 4) is 0 Å². The van der Waals surface area contributed by atoms with Crippen LogP contribution < -0.4 is 0 Å². The van der Waals surface area contributed by atoms with Gasteiger partial charge in [-0.25, -0.2) is 0 Å². The third kappa shape index (κ3) is 2.68. The first-order valence-corrected chi connectivity index (χ1v) is 5.16. The largest absolute Gasteiger partial charge is 0.481 e. The van der Waals surface area contributed by atoms with Crippen LogP contribution in [0.25, 0.3) is 0 Å². The monoisotopic (exact) mass is 215 g/mol. The van der Waals surface area contributed by atoms with E-state index in [1.54, 1.807) is 7.05 Å². The van der Waals surface area contributed by atoms with E-state index < -0.39 is 17.8 Å². The van der Waals surface area contributed by atoms with Crippen molar-refractivity contribution in [1.29, 1.82) is 0 Å². The van der Waals surface area contributed by atoms with Crippen LogP contribution in [-0.2, 0) is 9.59 Å². The summed E-state index contributed by atoms with van der Waals surface area (Å²) in [7, 11) is 1.59. The zero-order chi connectivity index (χ0) is 11.4. The molecule has 1 fully saturated rings. The predicted molar refractivity (Wildman–Crippen MR) is 53.2 cm³/mol. The average molecular weight is 215 g/mol. The molecule has 5 heteroatoms. The molecule has 15 heavy (non-hydrogen) atoms. The number of likely N-dealkylation sites (N-methyl/N-ethyl adjacent to an activating group) is 1. The minimum Gasteiger partial charge on any atom is -0.481 e. The van der Waals surface area contributed by atoms with E-state index in [0.717, 1.165) is 6.42 Å². The van der Waals surface area contributed by atoms with E-state index in [4.69, 9.17) is 10.2 Å². The molecule has 0 aliphatic heterocycles. The van der Waals surface area contributed by atoms with Crippen molar-refractivity contribution in [2.24, 2.45) is 11.8 Å². The van der Waals surface area contributed by atoms with Crippen LogP contribution in [0.2, 0.25) is 0 Å². The molecule has 1 saturated carbocycles. The van der Waals surface area contributed by atoms with Crippen LogP contribution in [0, 0.1) is 11.8 Å². The third-order valence-corrected chi connectivity index (χ3v) is 2.96. The van der Waals surface area contributed by atoms with E-state index in [1.165, 1.54) is 4.90 Å². The SMILES string of the molecule is CN(CCO)C(=O)[C@@H]1CCC[C@@H]1C(=O)O. The lowest BCUT2D eigenvalue weighted by Crippen LogP contribution is -2.38. The summed E-state index contributed by atoms with van der Waals surface area (Å²) in [6, 6.07) is 0. The van der Waals surface area contributed by atoms with Crippen molar-refractivity contribution in [3.05, 3.63) is 0 Å². The Morgan fingerprint density at radius 2 is 1.93 bits per heavy atom. The van der Waals surface area contributed by atoms with Gasteiger partial charge in [0, 0.05) is 13.6 Å². The fourth-order valence-corrected chi connectivity index (χ4v) is 2.09. The highest BCUT2D eigenvalue weighted by Gasteiger charge is 2.38. The van der Waals surface area contributed by atoms with Crippen LogP contribution in [0.15, 0.2) is 0 Å². The standard InChI is InChI=1S/C10H17NO4/c1-11(5-6-12)9(13)7-3-2-4-8(7)10(14)15/h7-8,12H,2-6H2,1H3,(H,14,15)/t7-,8+/m1/s1. The lowest BCUT2D eigenvalue weighted by atomic mass is 9.95. The summed E-state index contributed by atoms with van der Waals surface area (Å²) in [5, 5.41) is 17.6. The summed E-state index contributed by atoms with van der Waals surface area (Å²) in [6.45, 7) is 0.175. The van der Waals surface area contributed by atoms with Crippen LogP contribution >= 0.6 is 0 Å². The fraction of sp³-hybridized carbons (Fsp3) is 0.800. The van der Waals surface area contributed by atoms with Gasteiger partial charge in [0.2, 0.25) is 5.91 Å². The minimum atomic E-state index is -0.886. The fourth-order valence-electron chi connectivity index (χ4n) is 2.09. The Kier molecular flexibility index (Phi) is 4.08. The van der Waals surface area contributed by atoms with Gasteiger partial charge < -0.3 is 15.1 Å². The lowest BCUT2D eigenvalue weighted by molar-refractivity contribution is -0.148. The number of aliphatic carboxylic acids is 1. The number of carboxylic acids is 1. The Balaban J connectivity index is 2.62. The summed E-state index contributed by atoms with van der Waals surface area (Å²) >= 11 is 0. The van der Waals surface area contributed by atoms with Crippen LogP contribution in [0.5, 0.6) is 0 Å². The second-order valence-corrected chi connectivity index (χ2v) is 3.97. The first kappa shape index (κ1) is 12.0. The molecule has 1 aliphatic rings. The van der Waals surface area contributed by atoms with Gasteiger partial charge in [-0.3, -0.25) is 9.59 Å². The summed E-state index contributed by atoms with van der Waals surface area (Å²) in [6.07, 6.45) is 2.02. The van der Waals surface area contributed by atoms with E-state index in [9.17, 15) is 9.59 Å². The molecule has 86 valence electrons. The number of nitrogens with zero attached hydrogens (tertiary/aromatic N) is 1.